The van der Waals surface area contributed by atoms with Crippen LogP contribution in [0.3, 0.4) is 0 Å². The lowest BCUT2D eigenvalue weighted by molar-refractivity contribution is -0.135. The van der Waals surface area contributed by atoms with Crippen molar-refractivity contribution >= 4 is 33.8 Å². The van der Waals surface area contributed by atoms with E-state index in [4.69, 9.17) is 9.94 Å². The summed E-state index contributed by atoms with van der Waals surface area (Å²) in [5, 5.41) is 15.6. The summed E-state index contributed by atoms with van der Waals surface area (Å²) >= 11 is 1.42. The molecule has 0 saturated heterocycles. The number of para-hydroxylation sites is 1. The molecule has 2 N–H and O–H groups in total. The van der Waals surface area contributed by atoms with Gasteiger partial charge in [-0.2, -0.15) is 0 Å². The first-order valence-electron chi connectivity index (χ1n) is 8.54. The number of halogens is 1. The molecule has 0 aliphatic heterocycles. The predicted octanol–water partition coefficient (Wildman–Crippen LogP) is 4.47. The largest absolute Gasteiger partial charge is 0.461 e. The highest BCUT2D eigenvalue weighted by Gasteiger charge is 2.14. The highest BCUT2D eigenvalue weighted by Crippen LogP contribution is 2.29. The lowest BCUT2D eigenvalue weighted by Gasteiger charge is -2.03. The molecule has 0 amide bonds. The maximum absolute atomic E-state index is 13.8. The molecule has 8 heteroatoms. The Balaban J connectivity index is 2.18. The fourth-order valence-corrected chi connectivity index (χ4v) is 3.56. The number of carbonyl (C=O) groups is 1. The number of anilines is 2. The van der Waals surface area contributed by atoms with Gasteiger partial charge in [-0.15, -0.1) is 11.3 Å². The number of rotatable bonds is 8. The Morgan fingerprint density at radius 1 is 1.41 bits per heavy atom. The van der Waals surface area contributed by atoms with Crippen molar-refractivity contribution in [2.75, 3.05) is 11.9 Å². The van der Waals surface area contributed by atoms with Gasteiger partial charge >= 0.3 is 5.97 Å². The Hall–Kier alpha value is -2.74. The van der Waals surface area contributed by atoms with E-state index in [0.717, 1.165) is 22.6 Å². The van der Waals surface area contributed by atoms with Gasteiger partial charge in [-0.1, -0.05) is 29.8 Å². The predicted molar refractivity (Wildman–Crippen MR) is 104 cm³/mol. The van der Waals surface area contributed by atoms with Crippen molar-refractivity contribution in [3.05, 3.63) is 52.3 Å². The molecule has 0 aliphatic rings. The van der Waals surface area contributed by atoms with Crippen LogP contribution >= 0.6 is 11.3 Å². The number of allylic oxidation sites excluding steroid dienone is 1. The number of aromatic nitrogens is 1. The number of esters is 1. The number of hydrogen-bond acceptors (Lipinski definition) is 7. The van der Waals surface area contributed by atoms with Gasteiger partial charge in [0, 0.05) is 11.3 Å². The molecule has 0 radical (unpaired) electrons. The van der Waals surface area contributed by atoms with Gasteiger partial charge < -0.3 is 15.3 Å². The minimum absolute atomic E-state index is 0.151. The molecule has 1 aromatic heterocycles. The third-order valence-corrected chi connectivity index (χ3v) is 4.66. The van der Waals surface area contributed by atoms with E-state index in [2.05, 4.69) is 15.5 Å². The number of hydrogen-bond donors (Lipinski definition) is 2. The Morgan fingerprint density at radius 3 is 2.78 bits per heavy atom. The van der Waals surface area contributed by atoms with E-state index in [1.54, 1.807) is 25.1 Å². The molecule has 0 saturated carbocycles. The maximum atomic E-state index is 13.8. The average molecular weight is 391 g/mol. The van der Waals surface area contributed by atoms with Crippen molar-refractivity contribution in [1.29, 1.82) is 0 Å². The standard InChI is InChI=1S/C19H22FN3O3S/c1-4-14-17(11-12(3)10-16(23-25)18(24)26-5-2)27-19(21-14)22-15-9-7-6-8-13(15)20/h6-10,25H,4-5,11H2,1-3H3,(H,21,22)/b12-10+,23-16+. The first-order valence-corrected chi connectivity index (χ1v) is 9.36. The molecule has 1 heterocycles. The van der Waals surface area contributed by atoms with Gasteiger partial charge in [0.1, 0.15) is 5.82 Å². The average Bonchev–Trinajstić information content (AvgIpc) is 3.03. The van der Waals surface area contributed by atoms with Crippen LogP contribution in [0.15, 0.2) is 41.1 Å². The summed E-state index contributed by atoms with van der Waals surface area (Å²) in [6, 6.07) is 6.41. The molecule has 0 fully saturated rings. The van der Waals surface area contributed by atoms with Crippen LogP contribution in [0.1, 0.15) is 31.3 Å². The molecule has 0 bridgehead atoms. The third-order valence-electron chi connectivity index (χ3n) is 3.64. The van der Waals surface area contributed by atoms with Crippen LogP contribution in [-0.4, -0.2) is 28.5 Å². The monoisotopic (exact) mass is 391 g/mol. The van der Waals surface area contributed by atoms with Crippen LogP contribution in [0.4, 0.5) is 15.2 Å². The van der Waals surface area contributed by atoms with Gasteiger partial charge in [0.25, 0.3) is 0 Å². The zero-order chi connectivity index (χ0) is 19.8. The van der Waals surface area contributed by atoms with Gasteiger partial charge in [-0.3, -0.25) is 0 Å². The van der Waals surface area contributed by atoms with Gasteiger partial charge in [-0.25, -0.2) is 14.2 Å². The number of carbonyl (C=O) groups excluding carboxylic acids is 1. The lowest BCUT2D eigenvalue weighted by atomic mass is 10.1. The van der Waals surface area contributed by atoms with Crippen LogP contribution in [0.25, 0.3) is 0 Å². The van der Waals surface area contributed by atoms with Crippen molar-refractivity contribution in [2.24, 2.45) is 5.16 Å². The SMILES string of the molecule is CCOC(=O)C(/C=C(\C)Cc1sc(Nc2ccccc2F)nc1CC)=N/O. The van der Waals surface area contributed by atoms with Crippen molar-refractivity contribution in [2.45, 2.75) is 33.6 Å². The molecule has 0 spiro atoms. The highest BCUT2D eigenvalue weighted by molar-refractivity contribution is 7.15. The van der Waals surface area contributed by atoms with Gasteiger partial charge in [-0.05, 0) is 38.5 Å². The lowest BCUT2D eigenvalue weighted by Crippen LogP contribution is -2.16. The summed E-state index contributed by atoms with van der Waals surface area (Å²) in [7, 11) is 0. The summed E-state index contributed by atoms with van der Waals surface area (Å²) in [5.74, 6) is -1.03. The molecular weight excluding hydrogens is 369 g/mol. The van der Waals surface area contributed by atoms with E-state index >= 15 is 0 Å². The molecule has 2 aromatic rings. The van der Waals surface area contributed by atoms with Crippen LogP contribution in [0.2, 0.25) is 0 Å². The van der Waals surface area contributed by atoms with E-state index in [9.17, 15) is 9.18 Å². The molecule has 27 heavy (non-hydrogen) atoms. The van der Waals surface area contributed by atoms with E-state index in [1.165, 1.54) is 23.5 Å². The van der Waals surface area contributed by atoms with E-state index < -0.39 is 5.97 Å². The van der Waals surface area contributed by atoms with Crippen molar-refractivity contribution in [3.63, 3.8) is 0 Å². The van der Waals surface area contributed by atoms with E-state index in [0.29, 0.717) is 17.2 Å². The zero-order valence-corrected chi connectivity index (χ0v) is 16.3. The van der Waals surface area contributed by atoms with E-state index in [1.807, 2.05) is 13.8 Å². The van der Waals surface area contributed by atoms with Crippen LogP contribution in [0.5, 0.6) is 0 Å². The Labute approximate surface area is 161 Å². The Kier molecular flexibility index (Phi) is 7.48. The highest BCUT2D eigenvalue weighted by atomic mass is 32.1. The summed E-state index contributed by atoms with van der Waals surface area (Å²) < 4.78 is 18.7. The van der Waals surface area contributed by atoms with Gasteiger partial charge in [0.05, 0.1) is 18.0 Å². The second-order valence-electron chi connectivity index (χ2n) is 5.72. The smallest absolute Gasteiger partial charge is 0.360 e. The van der Waals surface area contributed by atoms with E-state index in [-0.39, 0.29) is 18.1 Å². The normalized spacial score (nSPS) is 12.1. The topological polar surface area (TPSA) is 83.8 Å². The van der Waals surface area contributed by atoms with Gasteiger partial charge in [0.2, 0.25) is 0 Å². The number of oxime groups is 1. The number of thiazole rings is 1. The summed E-state index contributed by atoms with van der Waals surface area (Å²) in [6.45, 7) is 5.69. The number of nitrogens with one attached hydrogen (secondary N) is 1. The Morgan fingerprint density at radius 2 is 2.15 bits per heavy atom. The number of benzene rings is 1. The zero-order valence-electron chi connectivity index (χ0n) is 15.5. The second kappa shape index (κ2) is 9.82. The molecule has 0 aliphatic carbocycles. The van der Waals surface area contributed by atoms with Crippen LogP contribution in [0, 0.1) is 5.82 Å². The minimum Gasteiger partial charge on any atom is -0.461 e. The fraction of sp³-hybridized carbons (Fsp3) is 0.316. The quantitative estimate of drug-likeness (QED) is 0.300. The molecule has 1 aromatic carbocycles. The Bertz CT molecular complexity index is 862. The van der Waals surface area contributed by atoms with Crippen LogP contribution in [-0.2, 0) is 22.4 Å². The third kappa shape index (κ3) is 5.62. The molecular formula is C19H22FN3O3S. The van der Waals surface area contributed by atoms with Crippen LogP contribution < -0.4 is 5.32 Å². The molecule has 2 rings (SSSR count). The maximum Gasteiger partial charge on any atom is 0.360 e. The number of ether oxygens (including phenoxy) is 1. The molecule has 0 unspecified atom stereocenters. The minimum atomic E-state index is -0.679. The van der Waals surface area contributed by atoms with Gasteiger partial charge in [0.15, 0.2) is 10.8 Å². The summed E-state index contributed by atoms with van der Waals surface area (Å²) in [5.41, 5.74) is 1.92. The summed E-state index contributed by atoms with van der Waals surface area (Å²) in [4.78, 5) is 17.2. The second-order valence-corrected chi connectivity index (χ2v) is 6.80. The first-order chi connectivity index (χ1) is 13.0. The number of aryl methyl sites for hydroxylation is 1. The van der Waals surface area contributed by atoms with Crippen molar-refractivity contribution < 1.29 is 19.1 Å². The fourth-order valence-electron chi connectivity index (χ4n) is 2.40. The molecule has 6 nitrogen and oxygen atoms in total. The summed E-state index contributed by atoms with van der Waals surface area (Å²) in [6.07, 6.45) is 2.73. The molecule has 144 valence electrons. The number of nitrogens with zero attached hydrogens (tertiary/aromatic N) is 2. The molecule has 0 atom stereocenters. The first kappa shape index (κ1) is 20.6. The van der Waals surface area contributed by atoms with Crippen molar-refractivity contribution in [1.82, 2.24) is 4.98 Å². The van der Waals surface area contributed by atoms with Crippen molar-refractivity contribution in [3.8, 4) is 0 Å².